The normalized spacial score (nSPS) is 23.8. The average molecular weight is 1930 g/mol. The summed E-state index contributed by atoms with van der Waals surface area (Å²) in [7, 11) is 0. The predicted octanol–water partition coefficient (Wildman–Crippen LogP) is 33.7. The molecule has 8 aliphatic carbocycles. The molecular weight excluding hydrogens is 1770 g/mol. The summed E-state index contributed by atoms with van der Waals surface area (Å²) >= 11 is 0. The Bertz CT molecular complexity index is 7880. The zero-order valence-corrected chi connectivity index (χ0v) is 94.2. The quantitative estimate of drug-likeness (QED) is 0.148. The van der Waals surface area contributed by atoms with Gasteiger partial charge in [0.25, 0.3) is 13.4 Å². The minimum absolute atomic E-state index is 0.0177. The van der Waals surface area contributed by atoms with Gasteiger partial charge in [-0.05, 0) is 421 Å². The largest absolute Gasteiger partial charge is 0.444 e. The molecule has 0 spiro atoms. The summed E-state index contributed by atoms with van der Waals surface area (Å²) in [5.41, 5.74) is 50.8. The predicted molar refractivity (Wildman–Crippen MR) is 620 cm³/mol. The summed E-state index contributed by atoms with van der Waals surface area (Å²) in [5.74, 6) is 4.31. The number of hydrogen-bond donors (Lipinski definition) is 0. The molecule has 0 radical (unpaired) electrons. The molecule has 0 saturated heterocycles. The van der Waals surface area contributed by atoms with Crippen LogP contribution in [0.3, 0.4) is 0 Å². The molecule has 0 N–H and O–H groups in total. The first-order valence-corrected chi connectivity index (χ1v) is 56.6. The molecule has 26 rings (SSSR count). The third-order valence-electron chi connectivity index (χ3n) is 42.3. The average Bonchev–Trinajstić information content (AvgIpc) is 1.38. The van der Waals surface area contributed by atoms with Crippen LogP contribution in [0.1, 0.15) is 417 Å². The lowest BCUT2D eigenvalue weighted by Gasteiger charge is -2.50. The van der Waals surface area contributed by atoms with Gasteiger partial charge in [0.15, 0.2) is 11.8 Å². The van der Waals surface area contributed by atoms with Crippen molar-refractivity contribution in [2.45, 2.75) is 410 Å². The smallest absolute Gasteiger partial charge is 0.256 e. The van der Waals surface area contributed by atoms with E-state index in [4.69, 9.17) is 8.83 Å². The maximum atomic E-state index is 8.28. The van der Waals surface area contributed by atoms with Gasteiger partial charge in [-0.3, -0.25) is 9.80 Å². The molecule has 7 heterocycles. The van der Waals surface area contributed by atoms with Gasteiger partial charge in [-0.15, -0.1) is 0 Å². The van der Waals surface area contributed by atoms with Gasteiger partial charge in [0.2, 0.25) is 0 Å². The number of benzene rings is 11. The zero-order valence-electron chi connectivity index (χ0n) is 94.2. The van der Waals surface area contributed by atoms with Crippen LogP contribution in [0.15, 0.2) is 197 Å². The highest BCUT2D eigenvalue weighted by Crippen LogP contribution is 2.65. The molecular formula is C138H158B2N4O2. The van der Waals surface area contributed by atoms with Gasteiger partial charge >= 0.3 is 0 Å². The molecule has 13 aliphatic rings. The van der Waals surface area contributed by atoms with E-state index in [0.29, 0.717) is 0 Å². The Morgan fingerprint density at radius 3 is 1.07 bits per heavy atom. The molecule has 13 aromatic rings. The molecule has 748 valence electrons. The lowest BCUT2D eigenvalue weighted by molar-refractivity contribution is 0.280. The first-order chi connectivity index (χ1) is 68.3. The van der Waals surface area contributed by atoms with Crippen LogP contribution in [0.2, 0.25) is 0 Å². The van der Waals surface area contributed by atoms with Crippen LogP contribution in [-0.4, -0.2) is 13.4 Å². The van der Waals surface area contributed by atoms with Gasteiger partial charge in [-0.1, -0.05) is 317 Å². The van der Waals surface area contributed by atoms with Crippen LogP contribution in [-0.2, 0) is 93.1 Å². The Balaban J connectivity index is 0.735. The second-order valence-corrected chi connectivity index (χ2v) is 58.7. The standard InChI is InChI=1S/C138H158B2N4O2/c1-80-63-93-98(130(16,17)54-51-125(93,6)7)75-105(80)143-107-77-100-97(129(14,15)53-56-132(100,20)21)73-103(107)139-115-110(142(89-44-46-92-95(71-89)127(10,11)50-48-124(92,4)5)121-117(139)113-119(145-121)135(26,27)59-57-133(113,22)23)68-86(69-111(115)143)83-40-35-37-81(64-83)79-137(30)61-62-138(31)87-42-36-41-84(65-87)90-72-96-99(131(18,19)55-52-128(96,12)13)76-106(90)144-108-78-102(138)101(137)74-104(108)140-116-109(66-85(67-112(116)144)82-38-33-32-34-39-82)141(88-43-45-91-94(70-88)126(8,9)49-47-123(91,2)3)122-118(140)114-120(146-122)136(28,29)60-58-134(114,24)25/h32-46,63-78H,47-62,79H2,1-31H3. The Morgan fingerprint density at radius 1 is 0.240 bits per heavy atom. The SMILES string of the molecule is Cc1cc2c(cc1N1c3cc4c(cc3B3c5c1cc(-c1cccc(CC6(C)CCC7(C)c8cccc(c8)-c8cc9c(cc8N8c%10cc7c6cc%10B6c7c8cc(-c8ccccc8)cc7N(c7ccc8c(c7)C(C)(C)CCC8(C)C)c7oc8c(c76)C(C)(C)CCC8(C)C)C(C)(C)CCC9(C)C)c1)cc5N(c1ccc5c(c1)C(C)(C)CCC5(C)C)c1oc5c(c13)C(C)(C)CCC5(C)C)C(C)(C)CCC4(C)C)C(C)(C)CCC2(C)C. The zero-order chi connectivity index (χ0) is 103. The summed E-state index contributed by atoms with van der Waals surface area (Å²) in [5, 5.41) is 0. The van der Waals surface area contributed by atoms with Gasteiger partial charge in [0.05, 0.1) is 5.69 Å². The summed E-state index contributed by atoms with van der Waals surface area (Å²) < 4.78 is 16.6. The van der Waals surface area contributed by atoms with Crippen LogP contribution in [0, 0.1) is 6.92 Å². The Hall–Kier alpha value is -10.7. The lowest BCUT2D eigenvalue weighted by Crippen LogP contribution is -2.63. The molecule has 0 saturated carbocycles. The number of furan rings is 2. The van der Waals surface area contributed by atoms with E-state index in [1.165, 1.54) is 223 Å². The Labute approximate surface area is 875 Å². The number of hydrogen-bond acceptors (Lipinski definition) is 6. The second-order valence-electron chi connectivity index (χ2n) is 58.7. The fraction of sp³-hybridized carbons (Fsp3) is 0.464. The highest BCUT2D eigenvalue weighted by Gasteiger charge is 2.60. The number of aryl methyl sites for hydroxylation is 1. The van der Waals surface area contributed by atoms with E-state index in [1.807, 2.05) is 0 Å². The highest BCUT2D eigenvalue weighted by molar-refractivity contribution is 7.01. The van der Waals surface area contributed by atoms with Crippen molar-refractivity contribution in [1.29, 1.82) is 0 Å². The van der Waals surface area contributed by atoms with Gasteiger partial charge in [-0.25, -0.2) is 0 Å². The first kappa shape index (κ1) is 95.0. The van der Waals surface area contributed by atoms with E-state index in [0.717, 1.165) is 127 Å². The minimum atomic E-state index is -0.378. The van der Waals surface area contributed by atoms with Crippen LogP contribution >= 0.6 is 0 Å². The molecule has 8 heteroatoms. The molecule has 2 atom stereocenters. The van der Waals surface area contributed by atoms with Crippen molar-refractivity contribution in [3.8, 4) is 33.4 Å². The van der Waals surface area contributed by atoms with E-state index in [9.17, 15) is 0 Å². The van der Waals surface area contributed by atoms with Crippen molar-refractivity contribution in [2.24, 2.45) is 0 Å². The van der Waals surface area contributed by atoms with Gasteiger partial charge in [0.1, 0.15) is 11.5 Å². The fourth-order valence-corrected chi connectivity index (χ4v) is 31.8. The van der Waals surface area contributed by atoms with Crippen molar-refractivity contribution in [1.82, 2.24) is 0 Å². The van der Waals surface area contributed by atoms with E-state index in [1.54, 1.807) is 0 Å². The van der Waals surface area contributed by atoms with Crippen molar-refractivity contribution < 1.29 is 8.83 Å². The summed E-state index contributed by atoms with van der Waals surface area (Å²) in [6.07, 6.45) is 18.3. The summed E-state index contributed by atoms with van der Waals surface area (Å²) in [6.45, 7) is 78.1. The maximum Gasteiger partial charge on any atom is 0.256 e. The molecule has 0 fully saturated rings. The van der Waals surface area contributed by atoms with Gasteiger partial charge in [-0.2, -0.15) is 0 Å². The van der Waals surface area contributed by atoms with Crippen molar-refractivity contribution in [3.63, 3.8) is 0 Å². The topological polar surface area (TPSA) is 39.2 Å². The molecule has 2 unspecified atom stereocenters. The van der Waals surface area contributed by atoms with Crippen LogP contribution in [0.4, 0.5) is 68.6 Å². The van der Waals surface area contributed by atoms with Crippen LogP contribution in [0.5, 0.6) is 0 Å². The number of anilines is 12. The van der Waals surface area contributed by atoms with Crippen molar-refractivity contribution >= 4 is 115 Å². The maximum absolute atomic E-state index is 8.28. The second kappa shape index (κ2) is 29.9. The molecule has 5 aliphatic heterocycles. The molecule has 0 amide bonds. The summed E-state index contributed by atoms with van der Waals surface area (Å²) in [6, 6.07) is 79.6. The number of rotatable bonds is 7. The third-order valence-corrected chi connectivity index (χ3v) is 42.3. The van der Waals surface area contributed by atoms with E-state index in [-0.39, 0.29) is 100 Å². The highest BCUT2D eigenvalue weighted by atomic mass is 16.4. The molecule has 146 heavy (non-hydrogen) atoms. The lowest BCUT2D eigenvalue weighted by atomic mass is 9.32. The Morgan fingerprint density at radius 2 is 0.596 bits per heavy atom. The first-order valence-electron chi connectivity index (χ1n) is 56.6. The molecule has 6 nitrogen and oxygen atoms in total. The van der Waals surface area contributed by atoms with Gasteiger partial charge in [0, 0.05) is 73.0 Å². The van der Waals surface area contributed by atoms with Crippen LogP contribution in [0.25, 0.3) is 33.4 Å². The van der Waals surface area contributed by atoms with Crippen molar-refractivity contribution in [2.75, 3.05) is 19.6 Å². The van der Waals surface area contributed by atoms with E-state index in [2.05, 4.69) is 422 Å². The van der Waals surface area contributed by atoms with E-state index < -0.39 is 0 Å². The van der Waals surface area contributed by atoms with E-state index >= 15 is 0 Å². The minimum Gasteiger partial charge on any atom is -0.444 e. The fourth-order valence-electron chi connectivity index (χ4n) is 31.8. The number of nitrogens with zero attached hydrogens (tertiary/aromatic N) is 4. The summed E-state index contributed by atoms with van der Waals surface area (Å²) in [4.78, 5) is 11.1. The number of fused-ring (bicyclic) bond motifs is 23. The molecule has 2 aromatic heterocycles. The monoisotopic (exact) mass is 1930 g/mol. The molecule has 11 aromatic carbocycles. The van der Waals surface area contributed by atoms with Crippen LogP contribution < -0.4 is 52.4 Å². The third kappa shape index (κ3) is 13.3. The van der Waals surface area contributed by atoms with Gasteiger partial charge < -0.3 is 18.6 Å². The molecule has 4 bridgehead atoms. The van der Waals surface area contributed by atoms with Crippen molar-refractivity contribution in [3.05, 3.63) is 294 Å². The Kier molecular flexibility index (Phi) is 19.5.